The van der Waals surface area contributed by atoms with Crippen molar-refractivity contribution in [2.24, 2.45) is 11.3 Å². The smallest absolute Gasteiger partial charge is 0.321 e. The van der Waals surface area contributed by atoms with Crippen molar-refractivity contribution < 1.29 is 9.90 Å². The first kappa shape index (κ1) is 16.3. The number of carbonyl (C=O) groups is 1. The Morgan fingerprint density at radius 3 is 2.77 bits per heavy atom. The second kappa shape index (κ2) is 6.37. The zero-order valence-corrected chi connectivity index (χ0v) is 13.3. The summed E-state index contributed by atoms with van der Waals surface area (Å²) in [6.45, 7) is 7.31. The maximum atomic E-state index is 12.3. The number of amides is 2. The predicted molar refractivity (Wildman–Crippen MR) is 85.3 cm³/mol. The molecule has 1 heterocycles. The van der Waals surface area contributed by atoms with Crippen LogP contribution < -0.4 is 5.32 Å². The van der Waals surface area contributed by atoms with Crippen molar-refractivity contribution in [2.45, 2.75) is 33.3 Å². The Kier molecular flexibility index (Phi) is 4.72. The van der Waals surface area contributed by atoms with Gasteiger partial charge in [-0.05, 0) is 36.0 Å². The number of β-amino-alcohol motifs (C(OH)–C–C–N with tert-alkyl or cyclic N) is 1. The predicted octanol–water partition coefficient (Wildman–Crippen LogP) is 2.82. The molecular formula is C17H23N3O2. The van der Waals surface area contributed by atoms with Crippen LogP contribution in [0.3, 0.4) is 0 Å². The number of urea groups is 1. The Balaban J connectivity index is 1.99. The van der Waals surface area contributed by atoms with Crippen molar-refractivity contribution in [3.05, 3.63) is 29.8 Å². The fourth-order valence-corrected chi connectivity index (χ4v) is 3.00. The first-order valence-corrected chi connectivity index (χ1v) is 7.55. The van der Waals surface area contributed by atoms with Crippen molar-refractivity contribution in [3.8, 4) is 6.07 Å². The molecule has 1 saturated heterocycles. The van der Waals surface area contributed by atoms with Gasteiger partial charge in [-0.1, -0.05) is 26.8 Å². The largest absolute Gasteiger partial charge is 0.391 e. The van der Waals surface area contributed by atoms with E-state index in [1.54, 1.807) is 29.2 Å². The molecule has 0 spiro atoms. The van der Waals surface area contributed by atoms with Gasteiger partial charge < -0.3 is 15.3 Å². The molecule has 1 aromatic carbocycles. The van der Waals surface area contributed by atoms with Crippen LogP contribution in [0.25, 0.3) is 0 Å². The molecule has 1 aliphatic rings. The number of benzene rings is 1. The average molecular weight is 301 g/mol. The molecule has 0 saturated carbocycles. The number of carbonyl (C=O) groups excluding carboxylic acids is 1. The van der Waals surface area contributed by atoms with Crippen LogP contribution in [0, 0.1) is 22.7 Å². The third-order valence-electron chi connectivity index (χ3n) is 4.22. The van der Waals surface area contributed by atoms with Crippen molar-refractivity contribution in [1.82, 2.24) is 4.90 Å². The zero-order valence-electron chi connectivity index (χ0n) is 13.3. The highest BCUT2D eigenvalue weighted by Crippen LogP contribution is 2.34. The summed E-state index contributed by atoms with van der Waals surface area (Å²) in [5.74, 6) is 0.193. The van der Waals surface area contributed by atoms with Crippen LogP contribution in [0.2, 0.25) is 0 Å². The summed E-state index contributed by atoms with van der Waals surface area (Å²) in [4.78, 5) is 13.9. The summed E-state index contributed by atoms with van der Waals surface area (Å²) < 4.78 is 0. The van der Waals surface area contributed by atoms with Crippen molar-refractivity contribution in [3.63, 3.8) is 0 Å². The van der Waals surface area contributed by atoms with Gasteiger partial charge in [-0.2, -0.15) is 5.26 Å². The number of hydrogen-bond donors (Lipinski definition) is 2. The van der Waals surface area contributed by atoms with E-state index in [1.807, 2.05) is 6.07 Å². The highest BCUT2D eigenvalue weighted by molar-refractivity contribution is 5.89. The number of nitrogens with zero attached hydrogens (tertiary/aromatic N) is 2. The molecule has 0 unspecified atom stereocenters. The van der Waals surface area contributed by atoms with Gasteiger partial charge in [0.2, 0.25) is 0 Å². The van der Waals surface area contributed by atoms with Crippen molar-refractivity contribution in [1.29, 1.82) is 5.26 Å². The summed E-state index contributed by atoms with van der Waals surface area (Å²) in [7, 11) is 0. The Morgan fingerprint density at radius 1 is 1.45 bits per heavy atom. The van der Waals surface area contributed by atoms with Gasteiger partial charge in [0.05, 0.1) is 17.7 Å². The molecule has 5 nitrogen and oxygen atoms in total. The third-order valence-corrected chi connectivity index (χ3v) is 4.22. The molecule has 0 bridgehead atoms. The fourth-order valence-electron chi connectivity index (χ4n) is 3.00. The number of hydrogen-bond acceptors (Lipinski definition) is 3. The molecule has 22 heavy (non-hydrogen) atoms. The number of rotatable bonds is 1. The molecule has 5 heteroatoms. The second-order valence-corrected chi connectivity index (χ2v) is 6.90. The van der Waals surface area contributed by atoms with E-state index in [9.17, 15) is 9.90 Å². The summed E-state index contributed by atoms with van der Waals surface area (Å²) in [5.41, 5.74) is 1.13. The molecule has 2 N–H and O–H groups in total. The van der Waals surface area contributed by atoms with Crippen LogP contribution >= 0.6 is 0 Å². The summed E-state index contributed by atoms with van der Waals surface area (Å²) in [6, 6.07) is 8.61. The minimum Gasteiger partial charge on any atom is -0.391 e. The summed E-state index contributed by atoms with van der Waals surface area (Å²) in [6.07, 6.45) is 0.279. The molecular weight excluding hydrogens is 278 g/mol. The van der Waals surface area contributed by atoms with Crippen LogP contribution in [0.1, 0.15) is 32.8 Å². The second-order valence-electron chi connectivity index (χ2n) is 6.90. The van der Waals surface area contributed by atoms with Gasteiger partial charge >= 0.3 is 6.03 Å². The van der Waals surface area contributed by atoms with E-state index in [4.69, 9.17) is 5.26 Å². The monoisotopic (exact) mass is 301 g/mol. The van der Waals surface area contributed by atoms with Gasteiger partial charge in [0.25, 0.3) is 0 Å². The maximum absolute atomic E-state index is 12.3. The van der Waals surface area contributed by atoms with Gasteiger partial charge in [0.1, 0.15) is 0 Å². The normalized spacial score (nSPS) is 22.0. The van der Waals surface area contributed by atoms with Crippen LogP contribution in [0.15, 0.2) is 24.3 Å². The fraction of sp³-hybridized carbons (Fsp3) is 0.529. The Morgan fingerprint density at radius 2 is 2.18 bits per heavy atom. The third kappa shape index (κ3) is 3.77. The van der Waals surface area contributed by atoms with Crippen molar-refractivity contribution >= 4 is 11.7 Å². The molecule has 1 aliphatic heterocycles. The molecule has 2 atom stereocenters. The van der Waals surface area contributed by atoms with E-state index >= 15 is 0 Å². The van der Waals surface area contributed by atoms with Crippen LogP contribution in [-0.2, 0) is 0 Å². The molecule has 0 aromatic heterocycles. The maximum Gasteiger partial charge on any atom is 0.321 e. The minimum absolute atomic E-state index is 0.0309. The highest BCUT2D eigenvalue weighted by atomic mass is 16.3. The van der Waals surface area contributed by atoms with Crippen molar-refractivity contribution in [2.75, 3.05) is 18.4 Å². The Labute approximate surface area is 131 Å². The minimum atomic E-state index is -0.509. The molecule has 2 rings (SSSR count). The van der Waals surface area contributed by atoms with Gasteiger partial charge in [0, 0.05) is 18.8 Å². The van der Waals surface area contributed by atoms with Crippen LogP contribution in [-0.4, -0.2) is 35.2 Å². The first-order valence-electron chi connectivity index (χ1n) is 7.55. The number of aliphatic hydroxyl groups is 1. The number of piperidine rings is 1. The standard InChI is InChI=1S/C17H23N3O2/c1-17(2,3)14-7-8-20(11-15(14)21)16(22)19-13-6-4-5-12(9-13)10-18/h4-6,9,14-15,21H,7-8,11H2,1-3H3,(H,19,22)/t14-,15-/m0/s1. The SMILES string of the molecule is CC(C)(C)[C@H]1CCN(C(=O)Nc2cccc(C#N)c2)C[C@@H]1O. The lowest BCUT2D eigenvalue weighted by atomic mass is 9.74. The number of nitrogens with one attached hydrogen (secondary N) is 1. The summed E-state index contributed by atoms with van der Waals surface area (Å²) in [5, 5.41) is 22.0. The zero-order chi connectivity index (χ0) is 16.3. The molecule has 1 fully saturated rings. The van der Waals surface area contributed by atoms with E-state index in [1.165, 1.54) is 0 Å². The number of nitriles is 1. The first-order chi connectivity index (χ1) is 10.3. The summed E-state index contributed by atoms with van der Waals surface area (Å²) >= 11 is 0. The molecule has 1 aromatic rings. The molecule has 118 valence electrons. The lowest BCUT2D eigenvalue weighted by molar-refractivity contribution is -0.0107. The van der Waals surface area contributed by atoms with Gasteiger partial charge in [-0.25, -0.2) is 4.79 Å². The van der Waals surface area contributed by atoms with Gasteiger partial charge in [-0.3, -0.25) is 0 Å². The van der Waals surface area contributed by atoms with Gasteiger partial charge in [-0.15, -0.1) is 0 Å². The number of anilines is 1. The number of likely N-dealkylation sites (tertiary alicyclic amines) is 1. The van der Waals surface area contributed by atoms with Gasteiger partial charge in [0.15, 0.2) is 0 Å². The lowest BCUT2D eigenvalue weighted by Crippen LogP contribution is -2.51. The van der Waals surface area contributed by atoms with Crippen LogP contribution in [0.5, 0.6) is 0 Å². The molecule has 0 aliphatic carbocycles. The van der Waals surface area contributed by atoms with E-state index in [-0.39, 0.29) is 17.4 Å². The lowest BCUT2D eigenvalue weighted by Gasteiger charge is -2.42. The van der Waals surface area contributed by atoms with E-state index < -0.39 is 6.10 Å². The quantitative estimate of drug-likeness (QED) is 0.837. The highest BCUT2D eigenvalue weighted by Gasteiger charge is 2.36. The van der Waals surface area contributed by atoms with Crippen LogP contribution in [0.4, 0.5) is 10.5 Å². The Bertz CT molecular complexity index is 586. The van der Waals surface area contributed by atoms with E-state index in [2.05, 4.69) is 26.1 Å². The number of aliphatic hydroxyl groups excluding tert-OH is 1. The molecule has 0 radical (unpaired) electrons. The molecule has 2 amide bonds. The Hall–Kier alpha value is -2.06. The topological polar surface area (TPSA) is 76.4 Å². The average Bonchev–Trinajstić information content (AvgIpc) is 2.46. The van der Waals surface area contributed by atoms with E-state index in [0.717, 1.165) is 6.42 Å². The van der Waals surface area contributed by atoms with E-state index in [0.29, 0.717) is 24.3 Å².